The lowest BCUT2D eigenvalue weighted by atomic mass is 10.0. The zero-order valence-corrected chi connectivity index (χ0v) is 19.5. The van der Waals surface area contributed by atoms with Crippen LogP contribution in [-0.2, 0) is 29.0 Å². The number of methoxy groups -OCH3 is 1. The van der Waals surface area contributed by atoms with Crippen LogP contribution >= 0.6 is 0 Å². The molecule has 0 spiro atoms. The van der Waals surface area contributed by atoms with Gasteiger partial charge in [0.25, 0.3) is 0 Å². The largest absolute Gasteiger partial charge is 0.497 e. The maximum Gasteiger partial charge on any atom is 0.243 e. The summed E-state index contributed by atoms with van der Waals surface area (Å²) in [7, 11) is 1.61. The van der Waals surface area contributed by atoms with Crippen LogP contribution in [-0.4, -0.2) is 48.1 Å². The van der Waals surface area contributed by atoms with Gasteiger partial charge in [-0.25, -0.2) is 0 Å². The van der Waals surface area contributed by atoms with Crippen LogP contribution in [0, 0.1) is 0 Å². The average Bonchev–Trinajstić information content (AvgIpc) is 2.89. The Labute approximate surface area is 201 Å². The Balaban J connectivity index is 1.88. The molecule has 34 heavy (non-hydrogen) atoms. The molecular formula is C28H32N2O4. The van der Waals surface area contributed by atoms with Crippen molar-refractivity contribution in [2.24, 2.45) is 0 Å². The van der Waals surface area contributed by atoms with Crippen molar-refractivity contribution < 1.29 is 19.4 Å². The number of aryl methyl sites for hydroxylation is 1. The van der Waals surface area contributed by atoms with Crippen LogP contribution < -0.4 is 10.1 Å². The van der Waals surface area contributed by atoms with E-state index in [0.717, 1.165) is 22.4 Å². The zero-order chi connectivity index (χ0) is 24.2. The number of carbonyl (C=O) groups is 2. The first-order valence-electron chi connectivity index (χ1n) is 11.5. The minimum absolute atomic E-state index is 0.0975. The van der Waals surface area contributed by atoms with Gasteiger partial charge in [-0.15, -0.1) is 0 Å². The van der Waals surface area contributed by atoms with E-state index in [4.69, 9.17) is 4.74 Å². The van der Waals surface area contributed by atoms with E-state index in [1.165, 1.54) is 0 Å². The predicted octanol–water partition coefficient (Wildman–Crippen LogP) is 3.38. The molecule has 3 aromatic rings. The fraction of sp³-hybridized carbons (Fsp3) is 0.286. The van der Waals surface area contributed by atoms with Crippen molar-refractivity contribution >= 4 is 11.8 Å². The number of hydrogen-bond donors (Lipinski definition) is 2. The molecule has 0 aromatic heterocycles. The first-order valence-corrected chi connectivity index (χ1v) is 11.5. The average molecular weight is 461 g/mol. The molecule has 0 aliphatic carbocycles. The second-order valence-corrected chi connectivity index (χ2v) is 8.08. The van der Waals surface area contributed by atoms with Crippen LogP contribution in [0.3, 0.4) is 0 Å². The molecule has 2 amide bonds. The highest BCUT2D eigenvalue weighted by molar-refractivity contribution is 5.88. The highest BCUT2D eigenvalue weighted by Crippen LogP contribution is 2.19. The van der Waals surface area contributed by atoms with Gasteiger partial charge in [-0.2, -0.15) is 0 Å². The number of nitrogens with one attached hydrogen (secondary N) is 1. The van der Waals surface area contributed by atoms with Crippen molar-refractivity contribution in [3.05, 3.63) is 102 Å². The van der Waals surface area contributed by atoms with Gasteiger partial charge in [0.05, 0.1) is 13.7 Å². The van der Waals surface area contributed by atoms with Crippen LogP contribution in [0.2, 0.25) is 0 Å². The maximum absolute atomic E-state index is 13.5. The van der Waals surface area contributed by atoms with Crippen molar-refractivity contribution in [1.29, 1.82) is 0 Å². The first kappa shape index (κ1) is 25.0. The van der Waals surface area contributed by atoms with Gasteiger partial charge in [0.2, 0.25) is 11.8 Å². The van der Waals surface area contributed by atoms with E-state index in [1.807, 2.05) is 84.9 Å². The molecule has 0 aliphatic rings. The van der Waals surface area contributed by atoms with Crippen molar-refractivity contribution in [3.63, 3.8) is 0 Å². The number of ether oxygens (including phenoxy) is 1. The van der Waals surface area contributed by atoms with E-state index in [2.05, 4.69) is 5.32 Å². The molecule has 0 radical (unpaired) electrons. The van der Waals surface area contributed by atoms with E-state index in [-0.39, 0.29) is 25.0 Å². The lowest BCUT2D eigenvalue weighted by molar-refractivity contribution is -0.141. The summed E-state index contributed by atoms with van der Waals surface area (Å²) in [5, 5.41) is 12.0. The van der Waals surface area contributed by atoms with E-state index < -0.39 is 6.04 Å². The lowest BCUT2D eigenvalue weighted by Crippen LogP contribution is -2.51. The molecule has 178 valence electrons. The first-order chi connectivity index (χ1) is 16.6. The lowest BCUT2D eigenvalue weighted by Gasteiger charge is -2.31. The standard InChI is InChI=1S/C28H32N2O4/c1-34-25-15-12-24(13-16-25)21-30(27(32)17-14-22-8-4-2-5-9-22)26(28(33)29-18-19-31)20-23-10-6-3-7-11-23/h2-13,15-16,26,31H,14,17-21H2,1H3,(H,29,33)/t26-/m1/s1. The van der Waals surface area contributed by atoms with Crippen LogP contribution in [0.1, 0.15) is 23.1 Å². The van der Waals surface area contributed by atoms with Gasteiger partial charge in [-0.3, -0.25) is 9.59 Å². The van der Waals surface area contributed by atoms with Crippen LogP contribution in [0.25, 0.3) is 0 Å². The van der Waals surface area contributed by atoms with Crippen molar-refractivity contribution in [2.45, 2.75) is 31.8 Å². The van der Waals surface area contributed by atoms with Gasteiger partial charge >= 0.3 is 0 Å². The fourth-order valence-corrected chi connectivity index (χ4v) is 3.82. The normalized spacial score (nSPS) is 11.5. The molecule has 2 N–H and O–H groups in total. The molecule has 1 atom stereocenters. The number of rotatable bonds is 12. The summed E-state index contributed by atoms with van der Waals surface area (Å²) in [6.45, 7) is 0.268. The third-order valence-electron chi connectivity index (χ3n) is 5.66. The molecule has 0 saturated carbocycles. The number of carbonyl (C=O) groups excluding carboxylic acids is 2. The highest BCUT2D eigenvalue weighted by Gasteiger charge is 2.30. The monoisotopic (exact) mass is 460 g/mol. The van der Waals surface area contributed by atoms with Crippen LogP contribution in [0.5, 0.6) is 5.75 Å². The summed E-state index contributed by atoms with van der Waals surface area (Å²) in [5.74, 6) is 0.353. The Bertz CT molecular complexity index is 1020. The smallest absolute Gasteiger partial charge is 0.243 e. The quantitative estimate of drug-likeness (QED) is 0.434. The number of benzene rings is 3. The van der Waals surface area contributed by atoms with Crippen LogP contribution in [0.4, 0.5) is 0 Å². The van der Waals surface area contributed by atoms with Crippen molar-refractivity contribution in [2.75, 3.05) is 20.3 Å². The number of nitrogens with zero attached hydrogens (tertiary/aromatic N) is 1. The van der Waals surface area contributed by atoms with Crippen molar-refractivity contribution in [1.82, 2.24) is 10.2 Å². The predicted molar refractivity (Wildman–Crippen MR) is 132 cm³/mol. The Morgan fingerprint density at radius 3 is 2.09 bits per heavy atom. The van der Waals surface area contributed by atoms with Gasteiger partial charge < -0.3 is 20.1 Å². The Kier molecular flexibility index (Phi) is 9.67. The van der Waals surface area contributed by atoms with E-state index in [9.17, 15) is 14.7 Å². The number of amides is 2. The molecule has 0 unspecified atom stereocenters. The summed E-state index contributed by atoms with van der Waals surface area (Å²) in [4.78, 5) is 28.4. The molecule has 6 nitrogen and oxygen atoms in total. The molecule has 0 saturated heterocycles. The second kappa shape index (κ2) is 13.2. The van der Waals surface area contributed by atoms with E-state index in [1.54, 1.807) is 12.0 Å². The molecule has 3 aromatic carbocycles. The maximum atomic E-state index is 13.5. The van der Waals surface area contributed by atoms with Gasteiger partial charge in [0.15, 0.2) is 0 Å². The molecule has 0 aliphatic heterocycles. The number of aliphatic hydroxyl groups excluding tert-OH is 1. The zero-order valence-electron chi connectivity index (χ0n) is 19.5. The third kappa shape index (κ3) is 7.46. The minimum atomic E-state index is -0.709. The molecule has 6 heteroatoms. The summed E-state index contributed by atoms with van der Waals surface area (Å²) in [6, 6.07) is 26.3. The Morgan fingerprint density at radius 2 is 1.50 bits per heavy atom. The van der Waals surface area contributed by atoms with Crippen molar-refractivity contribution in [3.8, 4) is 5.75 Å². The van der Waals surface area contributed by atoms with Gasteiger partial charge in [0, 0.05) is 25.9 Å². The minimum Gasteiger partial charge on any atom is -0.497 e. The van der Waals surface area contributed by atoms with E-state index >= 15 is 0 Å². The number of hydrogen-bond acceptors (Lipinski definition) is 4. The molecule has 3 rings (SSSR count). The Morgan fingerprint density at radius 1 is 0.882 bits per heavy atom. The molecule has 0 fully saturated rings. The second-order valence-electron chi connectivity index (χ2n) is 8.08. The van der Waals surface area contributed by atoms with Gasteiger partial charge in [-0.05, 0) is 35.2 Å². The third-order valence-corrected chi connectivity index (χ3v) is 5.66. The summed E-state index contributed by atoms with van der Waals surface area (Å²) < 4.78 is 5.25. The van der Waals surface area contributed by atoms with E-state index in [0.29, 0.717) is 25.8 Å². The molecule has 0 bridgehead atoms. The summed E-state index contributed by atoms with van der Waals surface area (Å²) in [6.07, 6.45) is 1.26. The Hall–Kier alpha value is -3.64. The summed E-state index contributed by atoms with van der Waals surface area (Å²) in [5.41, 5.74) is 2.94. The summed E-state index contributed by atoms with van der Waals surface area (Å²) >= 11 is 0. The molecular weight excluding hydrogens is 428 g/mol. The van der Waals surface area contributed by atoms with Crippen LogP contribution in [0.15, 0.2) is 84.9 Å². The highest BCUT2D eigenvalue weighted by atomic mass is 16.5. The SMILES string of the molecule is COc1ccc(CN(C(=O)CCc2ccccc2)[C@H](Cc2ccccc2)C(=O)NCCO)cc1. The fourth-order valence-electron chi connectivity index (χ4n) is 3.82. The topological polar surface area (TPSA) is 78.9 Å². The number of aliphatic hydroxyl groups is 1. The molecule has 0 heterocycles. The van der Waals surface area contributed by atoms with Gasteiger partial charge in [0.1, 0.15) is 11.8 Å². The van der Waals surface area contributed by atoms with Gasteiger partial charge in [-0.1, -0.05) is 72.8 Å².